The Morgan fingerprint density at radius 2 is 2.40 bits per heavy atom. The molecule has 0 unspecified atom stereocenters. The Kier molecular flexibility index (Phi) is 1.91. The minimum absolute atomic E-state index is 0.347. The van der Waals surface area contributed by atoms with Crippen molar-refractivity contribution in [3.05, 3.63) is 23.0 Å². The predicted octanol–water partition coefficient (Wildman–Crippen LogP) is 2.08. The first kappa shape index (κ1) is 9.36. The normalized spacial score (nSPS) is 18.5. The van der Waals surface area contributed by atoms with Gasteiger partial charge in [-0.2, -0.15) is 0 Å². The SMILES string of the molecule is Cc1nc2sccn2c1C1(CCN)CC1. The molecular weight excluding hydrogens is 206 g/mol. The molecular formula is C11H15N3S. The molecule has 0 spiro atoms. The fourth-order valence-corrected chi connectivity index (χ4v) is 3.33. The van der Waals surface area contributed by atoms with Gasteiger partial charge in [0.15, 0.2) is 4.96 Å². The Morgan fingerprint density at radius 3 is 3.07 bits per heavy atom. The average Bonchev–Trinajstić information content (AvgIpc) is 2.69. The van der Waals surface area contributed by atoms with Crippen molar-refractivity contribution >= 4 is 16.3 Å². The van der Waals surface area contributed by atoms with Crippen LogP contribution in [0, 0.1) is 6.92 Å². The van der Waals surface area contributed by atoms with Crippen LogP contribution < -0.4 is 5.73 Å². The second-order valence-corrected chi connectivity index (χ2v) is 5.29. The highest BCUT2D eigenvalue weighted by molar-refractivity contribution is 7.15. The Morgan fingerprint density at radius 1 is 1.60 bits per heavy atom. The van der Waals surface area contributed by atoms with Gasteiger partial charge in [0.05, 0.1) is 11.4 Å². The van der Waals surface area contributed by atoms with E-state index in [9.17, 15) is 0 Å². The van der Waals surface area contributed by atoms with Gasteiger partial charge in [0.2, 0.25) is 0 Å². The molecule has 0 saturated heterocycles. The summed E-state index contributed by atoms with van der Waals surface area (Å²) in [6.45, 7) is 2.89. The molecule has 1 aliphatic carbocycles. The van der Waals surface area contributed by atoms with Crippen LogP contribution in [0.15, 0.2) is 11.6 Å². The third-order valence-corrected chi connectivity index (χ3v) is 4.17. The van der Waals surface area contributed by atoms with E-state index in [1.165, 1.54) is 24.2 Å². The van der Waals surface area contributed by atoms with Crippen molar-refractivity contribution in [1.82, 2.24) is 9.38 Å². The molecule has 1 saturated carbocycles. The van der Waals surface area contributed by atoms with Crippen LogP contribution in [0.3, 0.4) is 0 Å². The summed E-state index contributed by atoms with van der Waals surface area (Å²) in [5.41, 5.74) is 8.64. The minimum atomic E-state index is 0.347. The number of imidazole rings is 1. The quantitative estimate of drug-likeness (QED) is 0.862. The van der Waals surface area contributed by atoms with Crippen molar-refractivity contribution in [2.45, 2.75) is 31.6 Å². The van der Waals surface area contributed by atoms with Gasteiger partial charge in [-0.3, -0.25) is 4.40 Å². The van der Waals surface area contributed by atoms with E-state index in [0.29, 0.717) is 5.41 Å². The van der Waals surface area contributed by atoms with Crippen molar-refractivity contribution in [2.75, 3.05) is 6.54 Å². The summed E-state index contributed by atoms with van der Waals surface area (Å²) in [5, 5.41) is 2.10. The van der Waals surface area contributed by atoms with E-state index in [2.05, 4.69) is 27.9 Å². The number of hydrogen-bond acceptors (Lipinski definition) is 3. The Hall–Kier alpha value is -0.870. The lowest BCUT2D eigenvalue weighted by atomic mass is 9.96. The smallest absolute Gasteiger partial charge is 0.194 e. The highest BCUT2D eigenvalue weighted by atomic mass is 32.1. The van der Waals surface area contributed by atoms with Gasteiger partial charge in [0.1, 0.15) is 0 Å². The standard InChI is InChI=1S/C11H15N3S/c1-8-9(11(2-3-11)4-5-12)14-6-7-15-10(14)13-8/h6-7H,2-5,12H2,1H3. The second-order valence-electron chi connectivity index (χ2n) is 4.42. The van der Waals surface area contributed by atoms with Gasteiger partial charge in [-0.05, 0) is 32.7 Å². The van der Waals surface area contributed by atoms with Gasteiger partial charge < -0.3 is 5.73 Å². The number of aromatic nitrogens is 2. The summed E-state index contributed by atoms with van der Waals surface area (Å²) in [6.07, 6.45) is 5.77. The van der Waals surface area contributed by atoms with Crippen LogP contribution in [0.2, 0.25) is 0 Å². The highest BCUT2D eigenvalue weighted by Gasteiger charge is 2.46. The molecule has 3 nitrogen and oxygen atoms in total. The van der Waals surface area contributed by atoms with Crippen LogP contribution in [0.25, 0.3) is 4.96 Å². The lowest BCUT2D eigenvalue weighted by Gasteiger charge is -2.14. The summed E-state index contributed by atoms with van der Waals surface area (Å²) in [4.78, 5) is 5.72. The van der Waals surface area contributed by atoms with E-state index in [4.69, 9.17) is 5.73 Å². The van der Waals surface area contributed by atoms with Crippen molar-refractivity contribution in [3.8, 4) is 0 Å². The number of hydrogen-bond donors (Lipinski definition) is 1. The summed E-state index contributed by atoms with van der Waals surface area (Å²) in [5.74, 6) is 0. The highest BCUT2D eigenvalue weighted by Crippen LogP contribution is 2.51. The lowest BCUT2D eigenvalue weighted by molar-refractivity contribution is 0.601. The largest absolute Gasteiger partial charge is 0.330 e. The summed E-state index contributed by atoms with van der Waals surface area (Å²) in [7, 11) is 0. The fourth-order valence-electron chi connectivity index (χ4n) is 2.57. The van der Waals surface area contributed by atoms with E-state index in [-0.39, 0.29) is 0 Å². The average molecular weight is 221 g/mol. The molecule has 15 heavy (non-hydrogen) atoms. The van der Waals surface area contributed by atoms with E-state index in [1.54, 1.807) is 11.3 Å². The van der Waals surface area contributed by atoms with Crippen LogP contribution >= 0.6 is 11.3 Å². The van der Waals surface area contributed by atoms with Crippen LogP contribution in [0.5, 0.6) is 0 Å². The van der Waals surface area contributed by atoms with E-state index in [0.717, 1.165) is 17.9 Å². The molecule has 1 fully saturated rings. The Labute approximate surface area is 92.9 Å². The van der Waals surface area contributed by atoms with Crippen molar-refractivity contribution < 1.29 is 0 Å². The molecule has 3 rings (SSSR count). The molecule has 2 heterocycles. The topological polar surface area (TPSA) is 43.3 Å². The first-order valence-electron chi connectivity index (χ1n) is 5.39. The van der Waals surface area contributed by atoms with Gasteiger partial charge >= 0.3 is 0 Å². The number of aryl methyl sites for hydroxylation is 1. The van der Waals surface area contributed by atoms with Crippen molar-refractivity contribution in [3.63, 3.8) is 0 Å². The van der Waals surface area contributed by atoms with Gasteiger partial charge in [-0.1, -0.05) is 0 Å². The van der Waals surface area contributed by atoms with Crippen LogP contribution in [0.4, 0.5) is 0 Å². The van der Waals surface area contributed by atoms with Crippen LogP contribution in [-0.4, -0.2) is 15.9 Å². The number of nitrogens with zero attached hydrogens (tertiary/aromatic N) is 2. The number of nitrogens with two attached hydrogens (primary N) is 1. The third kappa shape index (κ3) is 1.25. The van der Waals surface area contributed by atoms with Gasteiger partial charge in [-0.15, -0.1) is 11.3 Å². The zero-order valence-electron chi connectivity index (χ0n) is 8.86. The lowest BCUT2D eigenvalue weighted by Crippen LogP contribution is -2.16. The molecule has 0 atom stereocenters. The molecule has 80 valence electrons. The molecule has 2 aromatic heterocycles. The Bertz CT molecular complexity index is 493. The zero-order valence-corrected chi connectivity index (χ0v) is 9.68. The molecule has 0 aliphatic heterocycles. The molecule has 2 N–H and O–H groups in total. The van der Waals surface area contributed by atoms with E-state index >= 15 is 0 Å². The third-order valence-electron chi connectivity index (χ3n) is 3.42. The first-order valence-corrected chi connectivity index (χ1v) is 6.27. The van der Waals surface area contributed by atoms with Crippen molar-refractivity contribution in [1.29, 1.82) is 0 Å². The van der Waals surface area contributed by atoms with E-state index < -0.39 is 0 Å². The maximum Gasteiger partial charge on any atom is 0.194 e. The molecule has 2 aromatic rings. The molecule has 0 radical (unpaired) electrons. The predicted molar refractivity (Wildman–Crippen MR) is 62.4 cm³/mol. The van der Waals surface area contributed by atoms with Crippen LogP contribution in [0.1, 0.15) is 30.7 Å². The number of fused-ring (bicyclic) bond motifs is 1. The van der Waals surface area contributed by atoms with Gasteiger partial charge in [0.25, 0.3) is 0 Å². The monoisotopic (exact) mass is 221 g/mol. The molecule has 4 heteroatoms. The first-order chi connectivity index (χ1) is 7.27. The van der Waals surface area contributed by atoms with E-state index in [1.807, 2.05) is 0 Å². The van der Waals surface area contributed by atoms with Crippen LogP contribution in [-0.2, 0) is 5.41 Å². The molecule has 1 aliphatic rings. The molecule has 0 aromatic carbocycles. The Balaban J connectivity index is 2.16. The minimum Gasteiger partial charge on any atom is -0.330 e. The number of rotatable bonds is 3. The maximum atomic E-state index is 5.70. The van der Waals surface area contributed by atoms with Gasteiger partial charge in [-0.25, -0.2) is 4.98 Å². The molecule has 0 bridgehead atoms. The fraction of sp³-hybridized carbons (Fsp3) is 0.545. The second kappa shape index (κ2) is 3.06. The zero-order chi connectivity index (χ0) is 10.5. The van der Waals surface area contributed by atoms with Gasteiger partial charge in [0, 0.05) is 17.0 Å². The molecule has 0 amide bonds. The summed E-state index contributed by atoms with van der Waals surface area (Å²) in [6, 6.07) is 0. The maximum absolute atomic E-state index is 5.70. The number of thiazole rings is 1. The van der Waals surface area contributed by atoms with Crippen molar-refractivity contribution in [2.24, 2.45) is 5.73 Å². The summed E-state index contributed by atoms with van der Waals surface area (Å²) < 4.78 is 2.25. The summed E-state index contributed by atoms with van der Waals surface area (Å²) >= 11 is 1.70.